The van der Waals surface area contributed by atoms with Gasteiger partial charge in [-0.05, 0) is 67.4 Å². The van der Waals surface area contributed by atoms with Crippen molar-refractivity contribution in [2.75, 3.05) is 7.05 Å². The summed E-state index contributed by atoms with van der Waals surface area (Å²) in [4.78, 5) is 0. The molecule has 0 radical (unpaired) electrons. The quantitative estimate of drug-likeness (QED) is 0.880. The first-order valence-electron chi connectivity index (χ1n) is 6.38. The Balaban J connectivity index is 2.33. The molecule has 20 heavy (non-hydrogen) atoms. The molecule has 2 aromatic carbocycles. The van der Waals surface area contributed by atoms with Crippen LogP contribution in [0.2, 0.25) is 5.02 Å². The molecule has 1 N–H and O–H groups in total. The van der Waals surface area contributed by atoms with Gasteiger partial charge in [0, 0.05) is 11.1 Å². The van der Waals surface area contributed by atoms with Crippen molar-refractivity contribution in [1.29, 1.82) is 0 Å². The molecule has 4 heteroatoms. The van der Waals surface area contributed by atoms with E-state index in [4.69, 9.17) is 11.6 Å². The van der Waals surface area contributed by atoms with Crippen LogP contribution in [0.4, 0.5) is 8.78 Å². The molecule has 1 atom stereocenters. The van der Waals surface area contributed by atoms with E-state index in [1.807, 2.05) is 6.92 Å². The molecule has 0 bridgehead atoms. The molecule has 106 valence electrons. The van der Waals surface area contributed by atoms with Gasteiger partial charge in [0.05, 0.1) is 0 Å². The van der Waals surface area contributed by atoms with Crippen LogP contribution in [-0.4, -0.2) is 7.05 Å². The van der Waals surface area contributed by atoms with E-state index in [0.29, 0.717) is 17.0 Å². The maximum absolute atomic E-state index is 13.8. The molecule has 0 spiro atoms. The number of hydrogen-bond acceptors (Lipinski definition) is 1. The van der Waals surface area contributed by atoms with Gasteiger partial charge in [-0.1, -0.05) is 17.7 Å². The third kappa shape index (κ3) is 3.35. The summed E-state index contributed by atoms with van der Waals surface area (Å²) in [6.45, 7) is 1.91. The van der Waals surface area contributed by atoms with Crippen molar-refractivity contribution >= 4 is 11.6 Å². The van der Waals surface area contributed by atoms with E-state index in [-0.39, 0.29) is 17.7 Å². The SMILES string of the molecule is CNC(Cc1cc(Cl)ccc1F)c1cc(F)ccc1C. The summed E-state index contributed by atoms with van der Waals surface area (Å²) < 4.78 is 27.2. The van der Waals surface area contributed by atoms with E-state index < -0.39 is 0 Å². The minimum Gasteiger partial charge on any atom is -0.313 e. The number of hydrogen-bond donors (Lipinski definition) is 1. The van der Waals surface area contributed by atoms with Crippen molar-refractivity contribution in [2.24, 2.45) is 0 Å². The zero-order chi connectivity index (χ0) is 14.7. The first-order chi connectivity index (χ1) is 9.51. The highest BCUT2D eigenvalue weighted by atomic mass is 35.5. The van der Waals surface area contributed by atoms with Gasteiger partial charge < -0.3 is 5.32 Å². The molecule has 1 nitrogen and oxygen atoms in total. The fraction of sp³-hybridized carbons (Fsp3) is 0.250. The third-order valence-electron chi connectivity index (χ3n) is 3.40. The van der Waals surface area contributed by atoms with Crippen LogP contribution in [0.1, 0.15) is 22.7 Å². The molecule has 0 saturated heterocycles. The summed E-state index contributed by atoms with van der Waals surface area (Å²) in [6, 6.07) is 8.94. The first-order valence-corrected chi connectivity index (χ1v) is 6.76. The lowest BCUT2D eigenvalue weighted by atomic mass is 9.95. The van der Waals surface area contributed by atoms with Gasteiger partial charge >= 0.3 is 0 Å². The molecule has 0 saturated carbocycles. The number of benzene rings is 2. The smallest absolute Gasteiger partial charge is 0.126 e. The maximum atomic E-state index is 13.8. The van der Waals surface area contributed by atoms with Gasteiger partial charge in [-0.2, -0.15) is 0 Å². The first kappa shape index (κ1) is 14.9. The molecular weight excluding hydrogens is 280 g/mol. The number of nitrogens with one attached hydrogen (secondary N) is 1. The van der Waals surface area contributed by atoms with Crippen molar-refractivity contribution < 1.29 is 8.78 Å². The fourth-order valence-corrected chi connectivity index (χ4v) is 2.47. The molecule has 2 aromatic rings. The van der Waals surface area contributed by atoms with Crippen LogP contribution in [0.15, 0.2) is 36.4 Å². The Hall–Kier alpha value is -1.45. The van der Waals surface area contributed by atoms with E-state index in [1.54, 1.807) is 19.2 Å². The van der Waals surface area contributed by atoms with Crippen LogP contribution in [0, 0.1) is 18.6 Å². The molecule has 2 rings (SSSR count). The largest absolute Gasteiger partial charge is 0.313 e. The predicted molar refractivity (Wildman–Crippen MR) is 78.1 cm³/mol. The van der Waals surface area contributed by atoms with E-state index >= 15 is 0 Å². The lowest BCUT2D eigenvalue weighted by Gasteiger charge is -2.19. The van der Waals surface area contributed by atoms with Crippen molar-refractivity contribution in [3.05, 3.63) is 69.7 Å². The summed E-state index contributed by atoms with van der Waals surface area (Å²) in [5, 5.41) is 3.60. The van der Waals surface area contributed by atoms with Gasteiger partial charge in [0.15, 0.2) is 0 Å². The van der Waals surface area contributed by atoms with Crippen LogP contribution < -0.4 is 5.32 Å². The highest BCUT2D eigenvalue weighted by molar-refractivity contribution is 6.30. The molecule has 0 aromatic heterocycles. The molecule has 0 aliphatic heterocycles. The molecule has 0 amide bonds. The van der Waals surface area contributed by atoms with E-state index in [9.17, 15) is 8.78 Å². The molecule has 1 unspecified atom stereocenters. The van der Waals surface area contributed by atoms with Gasteiger partial charge in [0.1, 0.15) is 11.6 Å². The van der Waals surface area contributed by atoms with Gasteiger partial charge in [-0.3, -0.25) is 0 Å². The average molecular weight is 296 g/mol. The lowest BCUT2D eigenvalue weighted by molar-refractivity contribution is 0.547. The molecule has 0 aliphatic carbocycles. The maximum Gasteiger partial charge on any atom is 0.126 e. The summed E-state index contributed by atoms with van der Waals surface area (Å²) >= 11 is 5.90. The average Bonchev–Trinajstić information content (AvgIpc) is 2.42. The lowest BCUT2D eigenvalue weighted by Crippen LogP contribution is -2.20. The van der Waals surface area contributed by atoms with Crippen LogP contribution >= 0.6 is 11.6 Å². The number of halogens is 3. The summed E-state index contributed by atoms with van der Waals surface area (Å²) in [7, 11) is 1.78. The zero-order valence-corrected chi connectivity index (χ0v) is 12.1. The minimum atomic E-state index is -0.302. The highest BCUT2D eigenvalue weighted by Crippen LogP contribution is 2.25. The second kappa shape index (κ2) is 6.33. The Morgan fingerprint density at radius 3 is 2.60 bits per heavy atom. The van der Waals surface area contributed by atoms with E-state index in [1.165, 1.54) is 24.3 Å². The number of aryl methyl sites for hydroxylation is 1. The highest BCUT2D eigenvalue weighted by Gasteiger charge is 2.16. The Labute approximate surface area is 122 Å². The summed E-state index contributed by atoms with van der Waals surface area (Å²) in [5.41, 5.74) is 2.31. The standard InChI is InChI=1S/C16H16ClF2N/c1-10-3-5-13(18)9-14(10)16(20-2)8-11-7-12(17)4-6-15(11)19/h3-7,9,16,20H,8H2,1-2H3. The van der Waals surface area contributed by atoms with Crippen molar-refractivity contribution in [3.8, 4) is 0 Å². The van der Waals surface area contributed by atoms with Crippen LogP contribution in [0.3, 0.4) is 0 Å². The summed E-state index contributed by atoms with van der Waals surface area (Å²) in [6.07, 6.45) is 0.410. The Bertz CT molecular complexity index is 613. The Morgan fingerprint density at radius 1 is 1.15 bits per heavy atom. The summed E-state index contributed by atoms with van der Waals surface area (Å²) in [5.74, 6) is -0.596. The number of rotatable bonds is 4. The van der Waals surface area contributed by atoms with Gasteiger partial charge in [-0.25, -0.2) is 8.78 Å². The Morgan fingerprint density at radius 2 is 1.90 bits per heavy atom. The second-order valence-electron chi connectivity index (χ2n) is 4.78. The molecular formula is C16H16ClF2N. The van der Waals surface area contributed by atoms with E-state index in [0.717, 1.165) is 11.1 Å². The minimum absolute atomic E-state index is 0.168. The van der Waals surface area contributed by atoms with Gasteiger partial charge in [0.2, 0.25) is 0 Å². The van der Waals surface area contributed by atoms with Crippen molar-refractivity contribution in [1.82, 2.24) is 5.32 Å². The van der Waals surface area contributed by atoms with Crippen molar-refractivity contribution in [3.63, 3.8) is 0 Å². The van der Waals surface area contributed by atoms with Crippen LogP contribution in [0.5, 0.6) is 0 Å². The second-order valence-corrected chi connectivity index (χ2v) is 5.22. The Kier molecular flexibility index (Phi) is 4.73. The van der Waals surface area contributed by atoms with Crippen LogP contribution in [-0.2, 0) is 6.42 Å². The monoisotopic (exact) mass is 295 g/mol. The molecule has 0 heterocycles. The molecule has 0 fully saturated rings. The van der Waals surface area contributed by atoms with Gasteiger partial charge in [-0.15, -0.1) is 0 Å². The van der Waals surface area contributed by atoms with Gasteiger partial charge in [0.25, 0.3) is 0 Å². The fourth-order valence-electron chi connectivity index (χ4n) is 2.27. The predicted octanol–water partition coefficient (Wildman–Crippen LogP) is 4.43. The normalized spacial score (nSPS) is 12.4. The molecule has 0 aliphatic rings. The van der Waals surface area contributed by atoms with Crippen molar-refractivity contribution in [2.45, 2.75) is 19.4 Å². The topological polar surface area (TPSA) is 12.0 Å². The van der Waals surface area contributed by atoms with Crippen LogP contribution in [0.25, 0.3) is 0 Å². The zero-order valence-electron chi connectivity index (χ0n) is 11.4. The van der Waals surface area contributed by atoms with E-state index in [2.05, 4.69) is 5.32 Å². The third-order valence-corrected chi connectivity index (χ3v) is 3.63. The number of likely N-dealkylation sites (N-methyl/N-ethyl adjacent to an activating group) is 1.